The van der Waals surface area contributed by atoms with E-state index in [1.54, 1.807) is 16.8 Å². The van der Waals surface area contributed by atoms with Crippen LogP contribution in [0.25, 0.3) is 16.9 Å². The zero-order chi connectivity index (χ0) is 23.7. The van der Waals surface area contributed by atoms with Crippen molar-refractivity contribution in [1.29, 1.82) is 0 Å². The van der Waals surface area contributed by atoms with Gasteiger partial charge in [0.2, 0.25) is 0 Å². The van der Waals surface area contributed by atoms with Gasteiger partial charge in [0.15, 0.2) is 11.5 Å². The molecule has 34 heavy (non-hydrogen) atoms. The van der Waals surface area contributed by atoms with Gasteiger partial charge in [-0.1, -0.05) is 12.1 Å². The number of imidazole rings is 1. The molecule has 2 aliphatic heterocycles. The summed E-state index contributed by atoms with van der Waals surface area (Å²) in [6.45, 7) is 4.11. The molecule has 0 unspecified atom stereocenters. The molecule has 4 heterocycles. The second-order valence-corrected chi connectivity index (χ2v) is 9.04. The Kier molecular flexibility index (Phi) is 6.35. The second kappa shape index (κ2) is 9.42. The van der Waals surface area contributed by atoms with E-state index in [-0.39, 0.29) is 5.75 Å². The number of likely N-dealkylation sites (tertiary alicyclic amines) is 1. The van der Waals surface area contributed by atoms with Gasteiger partial charge >= 0.3 is 6.36 Å². The van der Waals surface area contributed by atoms with Crippen LogP contribution in [0.5, 0.6) is 5.75 Å². The summed E-state index contributed by atoms with van der Waals surface area (Å²) in [5.74, 6) is 1.09. The predicted molar refractivity (Wildman–Crippen MR) is 122 cm³/mol. The average Bonchev–Trinajstić information content (AvgIpc) is 3.06. The molecule has 0 spiro atoms. The first kappa shape index (κ1) is 22.9. The van der Waals surface area contributed by atoms with Crippen molar-refractivity contribution in [1.82, 2.24) is 19.5 Å². The number of nitrogens with zero attached hydrogens (tertiary/aromatic N) is 4. The maximum atomic E-state index is 12.7. The molecule has 10 heteroatoms. The normalized spacial score (nSPS) is 18.0. The third-order valence-electron chi connectivity index (χ3n) is 6.58. The van der Waals surface area contributed by atoms with Crippen LogP contribution in [0.1, 0.15) is 30.4 Å². The van der Waals surface area contributed by atoms with Crippen molar-refractivity contribution in [2.24, 2.45) is 5.92 Å². The Balaban J connectivity index is 1.51. The molecule has 1 N–H and O–H groups in total. The lowest BCUT2D eigenvalue weighted by Gasteiger charge is -2.29. The molecular weight excluding hydrogens is 447 g/mol. The van der Waals surface area contributed by atoms with E-state index in [2.05, 4.69) is 27.0 Å². The van der Waals surface area contributed by atoms with Crippen molar-refractivity contribution in [2.45, 2.75) is 38.7 Å². The zero-order valence-corrected chi connectivity index (χ0v) is 19.1. The third-order valence-corrected chi connectivity index (χ3v) is 6.58. The smallest absolute Gasteiger partial charge is 0.406 e. The maximum Gasteiger partial charge on any atom is 0.573 e. The molecule has 0 saturated carbocycles. The molecular formula is C24H28F3N5O2. The van der Waals surface area contributed by atoms with Crippen LogP contribution in [0, 0.1) is 5.92 Å². The van der Waals surface area contributed by atoms with Crippen molar-refractivity contribution in [3.05, 3.63) is 41.6 Å². The minimum atomic E-state index is -4.75. The number of rotatable bonds is 5. The van der Waals surface area contributed by atoms with Crippen molar-refractivity contribution in [3.63, 3.8) is 0 Å². The van der Waals surface area contributed by atoms with Gasteiger partial charge in [-0.05, 0) is 63.9 Å². The molecule has 1 aromatic carbocycles. The van der Waals surface area contributed by atoms with E-state index in [0.29, 0.717) is 36.0 Å². The summed E-state index contributed by atoms with van der Waals surface area (Å²) in [4.78, 5) is 6.92. The molecule has 0 amide bonds. The summed E-state index contributed by atoms with van der Waals surface area (Å²) in [6.07, 6.45) is 0.902. The number of fused-ring (bicyclic) bond motifs is 3. The number of nitrogens with one attached hydrogen (secondary N) is 1. The van der Waals surface area contributed by atoms with E-state index in [1.807, 2.05) is 0 Å². The Labute approximate surface area is 195 Å². The van der Waals surface area contributed by atoms with Gasteiger partial charge in [-0.15, -0.1) is 18.3 Å². The highest BCUT2D eigenvalue weighted by Gasteiger charge is 2.31. The van der Waals surface area contributed by atoms with Gasteiger partial charge in [0.25, 0.3) is 0 Å². The molecule has 0 radical (unpaired) electrons. The highest BCUT2D eigenvalue weighted by molar-refractivity contribution is 5.69. The number of aromatic nitrogens is 3. The zero-order valence-electron chi connectivity index (χ0n) is 19.1. The molecule has 182 valence electrons. The highest BCUT2D eigenvalue weighted by atomic mass is 19.4. The van der Waals surface area contributed by atoms with Crippen LogP contribution in [0.3, 0.4) is 0 Å². The number of benzene rings is 1. The number of ether oxygens (including phenoxy) is 2. The molecule has 3 aromatic rings. The van der Waals surface area contributed by atoms with Crippen molar-refractivity contribution < 1.29 is 22.6 Å². The fourth-order valence-electron chi connectivity index (χ4n) is 4.74. The standard InChI is InChI=1S/C24H28F3N5O2/c1-31-9-7-16(8-10-31)13-28-22-19-6-3-11-33-15-20(19)23-29-14-21(32(23)30-22)17-4-2-5-18(12-17)34-24(25,26)27/h2,4-5,12,14,16H,3,6-11,13,15H2,1H3,(H,28,30). The Morgan fingerprint density at radius 3 is 2.82 bits per heavy atom. The summed E-state index contributed by atoms with van der Waals surface area (Å²) in [7, 11) is 2.15. The second-order valence-electron chi connectivity index (χ2n) is 9.04. The molecule has 1 fully saturated rings. The van der Waals surface area contributed by atoms with Crippen molar-refractivity contribution in [2.75, 3.05) is 38.6 Å². The monoisotopic (exact) mass is 475 g/mol. The first-order chi connectivity index (χ1) is 16.4. The van der Waals surface area contributed by atoms with E-state index in [4.69, 9.17) is 9.84 Å². The van der Waals surface area contributed by atoms with Crippen LogP contribution in [-0.2, 0) is 17.8 Å². The van der Waals surface area contributed by atoms with Gasteiger partial charge in [0.05, 0.1) is 18.5 Å². The molecule has 0 aliphatic carbocycles. The topological polar surface area (TPSA) is 63.9 Å². The first-order valence-corrected chi connectivity index (χ1v) is 11.6. The van der Waals surface area contributed by atoms with E-state index in [0.717, 1.165) is 62.3 Å². The van der Waals surface area contributed by atoms with Gasteiger partial charge in [-0.2, -0.15) is 0 Å². The Hall–Kier alpha value is -2.85. The Bertz CT molecular complexity index is 1160. The van der Waals surface area contributed by atoms with Crippen LogP contribution >= 0.6 is 0 Å². The Morgan fingerprint density at radius 1 is 1.21 bits per heavy atom. The van der Waals surface area contributed by atoms with Crippen molar-refractivity contribution >= 4 is 11.5 Å². The van der Waals surface area contributed by atoms with Gasteiger partial charge in [-0.25, -0.2) is 9.50 Å². The number of anilines is 1. The lowest BCUT2D eigenvalue weighted by molar-refractivity contribution is -0.274. The van der Waals surface area contributed by atoms with Gasteiger partial charge in [0.1, 0.15) is 5.75 Å². The number of piperidine rings is 1. The van der Waals surface area contributed by atoms with Crippen LogP contribution in [0.4, 0.5) is 19.0 Å². The fourth-order valence-corrected chi connectivity index (χ4v) is 4.74. The van der Waals surface area contributed by atoms with Crippen molar-refractivity contribution in [3.8, 4) is 17.0 Å². The Morgan fingerprint density at radius 2 is 2.03 bits per heavy atom. The molecule has 0 atom stereocenters. The minimum Gasteiger partial charge on any atom is -0.406 e. The summed E-state index contributed by atoms with van der Waals surface area (Å²) in [5.41, 5.74) is 3.89. The van der Waals surface area contributed by atoms with Gasteiger partial charge in [-0.3, -0.25) is 0 Å². The minimum absolute atomic E-state index is 0.279. The molecule has 5 rings (SSSR count). The van der Waals surface area contributed by atoms with E-state index in [9.17, 15) is 13.2 Å². The predicted octanol–water partition coefficient (Wildman–Crippen LogP) is 4.51. The summed E-state index contributed by atoms with van der Waals surface area (Å²) >= 11 is 0. The SMILES string of the molecule is CN1CCC(CNc2nn3c(-c4cccc(OC(F)(F)F)c4)cnc3c3c2CCCOC3)CC1. The largest absolute Gasteiger partial charge is 0.573 e. The molecule has 2 aliphatic rings. The maximum absolute atomic E-state index is 12.7. The number of halogens is 3. The highest BCUT2D eigenvalue weighted by Crippen LogP contribution is 2.32. The lowest BCUT2D eigenvalue weighted by Crippen LogP contribution is -2.33. The van der Waals surface area contributed by atoms with E-state index >= 15 is 0 Å². The molecule has 1 saturated heterocycles. The summed E-state index contributed by atoms with van der Waals surface area (Å²) in [5, 5.41) is 8.47. The number of hydrogen-bond acceptors (Lipinski definition) is 6. The molecule has 7 nitrogen and oxygen atoms in total. The van der Waals surface area contributed by atoms with E-state index in [1.165, 1.54) is 18.2 Å². The quantitative estimate of drug-likeness (QED) is 0.586. The van der Waals surface area contributed by atoms with Gasteiger partial charge < -0.3 is 19.7 Å². The van der Waals surface area contributed by atoms with E-state index < -0.39 is 6.36 Å². The van der Waals surface area contributed by atoms with Gasteiger partial charge in [0, 0.05) is 29.8 Å². The lowest BCUT2D eigenvalue weighted by atomic mass is 9.97. The summed E-state index contributed by atoms with van der Waals surface area (Å²) < 4.78 is 49.8. The molecule has 0 bridgehead atoms. The average molecular weight is 476 g/mol. The fraction of sp³-hybridized carbons (Fsp3) is 0.500. The van der Waals surface area contributed by atoms with Crippen LogP contribution < -0.4 is 10.1 Å². The first-order valence-electron chi connectivity index (χ1n) is 11.6. The van der Waals surface area contributed by atoms with Crippen LogP contribution in [0.15, 0.2) is 30.5 Å². The molecule has 2 aromatic heterocycles. The van der Waals surface area contributed by atoms with Crippen LogP contribution in [0.2, 0.25) is 0 Å². The number of hydrogen-bond donors (Lipinski definition) is 1. The number of alkyl halides is 3. The third kappa shape index (κ3) is 4.97. The summed E-state index contributed by atoms with van der Waals surface area (Å²) in [6, 6.07) is 5.89. The van der Waals surface area contributed by atoms with Crippen LogP contribution in [-0.4, -0.2) is 59.1 Å².